The summed E-state index contributed by atoms with van der Waals surface area (Å²) in [5, 5.41) is 0.619. The molecule has 1 saturated heterocycles. The van der Waals surface area contributed by atoms with E-state index in [0.717, 1.165) is 31.7 Å². The topological polar surface area (TPSA) is 42.1 Å². The van der Waals surface area contributed by atoms with Crippen molar-refractivity contribution in [3.05, 3.63) is 29.0 Å². The van der Waals surface area contributed by atoms with E-state index >= 15 is 0 Å². The molecule has 2 rings (SSSR count). The van der Waals surface area contributed by atoms with Gasteiger partial charge in [0.2, 0.25) is 0 Å². The molecule has 4 heteroatoms. The van der Waals surface area contributed by atoms with E-state index in [1.54, 1.807) is 6.20 Å². The molecule has 2 N–H and O–H groups in total. The fourth-order valence-corrected chi connectivity index (χ4v) is 2.21. The zero-order valence-corrected chi connectivity index (χ0v) is 9.45. The Labute approximate surface area is 95.2 Å². The summed E-state index contributed by atoms with van der Waals surface area (Å²) >= 11 is 6.01. The zero-order valence-electron chi connectivity index (χ0n) is 8.69. The second kappa shape index (κ2) is 4.92. The maximum absolute atomic E-state index is 6.01. The normalized spacial score (nSPS) is 22.1. The third-order valence-corrected chi connectivity index (χ3v) is 3.27. The quantitative estimate of drug-likeness (QED) is 0.794. The highest BCUT2D eigenvalue weighted by atomic mass is 35.5. The predicted molar refractivity (Wildman–Crippen MR) is 61.7 cm³/mol. The van der Waals surface area contributed by atoms with Gasteiger partial charge >= 0.3 is 0 Å². The van der Waals surface area contributed by atoms with Crippen LogP contribution in [0.1, 0.15) is 12.0 Å². The largest absolute Gasteiger partial charge is 0.330 e. The highest BCUT2D eigenvalue weighted by Gasteiger charge is 2.21. The van der Waals surface area contributed by atoms with E-state index in [4.69, 9.17) is 17.3 Å². The lowest BCUT2D eigenvalue weighted by Gasteiger charge is -2.15. The Bertz CT molecular complexity index is 329. The van der Waals surface area contributed by atoms with Crippen molar-refractivity contribution >= 4 is 11.6 Å². The fraction of sp³-hybridized carbons (Fsp3) is 0.545. The van der Waals surface area contributed by atoms with E-state index in [0.29, 0.717) is 11.1 Å². The van der Waals surface area contributed by atoms with Crippen LogP contribution in [0.4, 0.5) is 0 Å². The van der Waals surface area contributed by atoms with Crippen molar-refractivity contribution in [1.29, 1.82) is 0 Å². The molecule has 1 fully saturated rings. The summed E-state index contributed by atoms with van der Waals surface area (Å²) in [4.78, 5) is 6.46. The highest BCUT2D eigenvalue weighted by Crippen LogP contribution is 2.20. The number of rotatable bonds is 3. The minimum atomic E-state index is 0.619. The van der Waals surface area contributed by atoms with Crippen LogP contribution in [0.25, 0.3) is 0 Å². The molecule has 1 aliphatic rings. The first kappa shape index (κ1) is 10.9. The van der Waals surface area contributed by atoms with Crippen molar-refractivity contribution in [1.82, 2.24) is 9.88 Å². The Morgan fingerprint density at radius 3 is 3.13 bits per heavy atom. The Morgan fingerprint density at radius 1 is 1.60 bits per heavy atom. The molecule has 1 unspecified atom stereocenters. The van der Waals surface area contributed by atoms with Crippen LogP contribution in [0, 0.1) is 5.92 Å². The molecule has 1 aliphatic heterocycles. The van der Waals surface area contributed by atoms with Gasteiger partial charge in [-0.3, -0.25) is 4.90 Å². The van der Waals surface area contributed by atoms with Gasteiger partial charge < -0.3 is 5.73 Å². The summed E-state index contributed by atoms with van der Waals surface area (Å²) in [6, 6.07) is 3.96. The van der Waals surface area contributed by atoms with Gasteiger partial charge in [-0.1, -0.05) is 17.7 Å². The van der Waals surface area contributed by atoms with Gasteiger partial charge in [-0.25, -0.2) is 4.98 Å². The van der Waals surface area contributed by atoms with Gasteiger partial charge in [-0.15, -0.1) is 0 Å². The molecule has 2 heterocycles. The lowest BCUT2D eigenvalue weighted by Crippen LogP contribution is -2.23. The monoisotopic (exact) mass is 225 g/mol. The maximum Gasteiger partial charge on any atom is 0.133 e. The van der Waals surface area contributed by atoms with E-state index in [-0.39, 0.29) is 0 Å². The average molecular weight is 226 g/mol. The first-order chi connectivity index (χ1) is 7.29. The molecule has 0 spiro atoms. The van der Waals surface area contributed by atoms with Crippen LogP contribution >= 0.6 is 11.6 Å². The van der Waals surface area contributed by atoms with Crippen LogP contribution in [0.2, 0.25) is 5.15 Å². The minimum Gasteiger partial charge on any atom is -0.330 e. The highest BCUT2D eigenvalue weighted by molar-refractivity contribution is 6.30. The molecule has 0 aliphatic carbocycles. The summed E-state index contributed by atoms with van der Waals surface area (Å²) in [5.41, 5.74) is 6.76. The summed E-state index contributed by atoms with van der Waals surface area (Å²) in [7, 11) is 0. The summed E-state index contributed by atoms with van der Waals surface area (Å²) in [5.74, 6) is 0.653. The van der Waals surface area contributed by atoms with E-state index in [9.17, 15) is 0 Å². The lowest BCUT2D eigenvalue weighted by molar-refractivity contribution is 0.317. The number of pyridine rings is 1. The second-order valence-corrected chi connectivity index (χ2v) is 4.44. The third kappa shape index (κ3) is 2.68. The predicted octanol–water partition coefficient (Wildman–Crippen LogP) is 1.52. The smallest absolute Gasteiger partial charge is 0.133 e. The number of hydrogen-bond acceptors (Lipinski definition) is 3. The Hall–Kier alpha value is -0.640. The maximum atomic E-state index is 6.01. The molecule has 0 amide bonds. The molecule has 15 heavy (non-hydrogen) atoms. The molecule has 82 valence electrons. The summed E-state index contributed by atoms with van der Waals surface area (Å²) in [6.45, 7) is 3.88. The number of halogens is 1. The van der Waals surface area contributed by atoms with Gasteiger partial charge in [0.15, 0.2) is 0 Å². The number of hydrogen-bond donors (Lipinski definition) is 1. The van der Waals surface area contributed by atoms with Gasteiger partial charge in [0, 0.05) is 24.8 Å². The number of aromatic nitrogens is 1. The Kier molecular flexibility index (Phi) is 3.57. The Balaban J connectivity index is 1.96. The van der Waals surface area contributed by atoms with Crippen LogP contribution in [-0.2, 0) is 6.54 Å². The second-order valence-electron chi connectivity index (χ2n) is 4.08. The number of nitrogens with zero attached hydrogens (tertiary/aromatic N) is 2. The molecule has 1 aromatic heterocycles. The van der Waals surface area contributed by atoms with Crippen molar-refractivity contribution in [2.45, 2.75) is 13.0 Å². The van der Waals surface area contributed by atoms with Crippen LogP contribution in [0.5, 0.6) is 0 Å². The van der Waals surface area contributed by atoms with Crippen LogP contribution < -0.4 is 5.73 Å². The van der Waals surface area contributed by atoms with E-state index in [1.165, 1.54) is 6.42 Å². The Morgan fingerprint density at radius 2 is 2.47 bits per heavy atom. The van der Waals surface area contributed by atoms with Crippen LogP contribution in [-0.4, -0.2) is 29.5 Å². The van der Waals surface area contributed by atoms with Gasteiger partial charge in [0.1, 0.15) is 5.15 Å². The third-order valence-electron chi connectivity index (χ3n) is 2.93. The molecular formula is C11H16ClN3. The summed E-state index contributed by atoms with van der Waals surface area (Å²) in [6.07, 6.45) is 2.92. The van der Waals surface area contributed by atoms with Gasteiger partial charge in [0.05, 0.1) is 0 Å². The molecule has 3 nitrogen and oxygen atoms in total. The van der Waals surface area contributed by atoms with Crippen LogP contribution in [0.15, 0.2) is 18.3 Å². The fourth-order valence-electron chi connectivity index (χ4n) is 2.03. The van der Waals surface area contributed by atoms with Gasteiger partial charge in [-0.2, -0.15) is 0 Å². The average Bonchev–Trinajstić information content (AvgIpc) is 2.69. The molecule has 1 aromatic rings. The van der Waals surface area contributed by atoms with Crippen molar-refractivity contribution < 1.29 is 0 Å². The van der Waals surface area contributed by atoms with Crippen molar-refractivity contribution in [3.8, 4) is 0 Å². The van der Waals surface area contributed by atoms with Gasteiger partial charge in [0.25, 0.3) is 0 Å². The molecule has 1 atom stereocenters. The minimum absolute atomic E-state index is 0.619. The van der Waals surface area contributed by atoms with E-state index in [2.05, 4.69) is 9.88 Å². The standard InChI is InChI=1S/C11H16ClN3/c12-11-10(2-1-4-14-11)8-15-5-3-9(6-13)7-15/h1-2,4,9H,3,5-8,13H2. The zero-order chi connectivity index (χ0) is 10.7. The molecule has 0 radical (unpaired) electrons. The van der Waals surface area contributed by atoms with Crippen molar-refractivity contribution in [2.24, 2.45) is 11.7 Å². The van der Waals surface area contributed by atoms with E-state index in [1.807, 2.05) is 12.1 Å². The molecule has 0 aromatic carbocycles. The number of nitrogens with two attached hydrogens (primary N) is 1. The summed E-state index contributed by atoms with van der Waals surface area (Å²) < 4.78 is 0. The first-order valence-corrected chi connectivity index (χ1v) is 5.69. The molecule has 0 saturated carbocycles. The van der Waals surface area contributed by atoms with E-state index < -0.39 is 0 Å². The lowest BCUT2D eigenvalue weighted by atomic mass is 10.1. The van der Waals surface area contributed by atoms with Gasteiger partial charge in [-0.05, 0) is 31.5 Å². The molecule has 0 bridgehead atoms. The first-order valence-electron chi connectivity index (χ1n) is 5.31. The van der Waals surface area contributed by atoms with Crippen LogP contribution in [0.3, 0.4) is 0 Å². The SMILES string of the molecule is NCC1CCN(Cc2cccnc2Cl)C1. The molecular weight excluding hydrogens is 210 g/mol. The van der Waals surface area contributed by atoms with Crippen molar-refractivity contribution in [3.63, 3.8) is 0 Å². The van der Waals surface area contributed by atoms with Crippen molar-refractivity contribution in [2.75, 3.05) is 19.6 Å². The number of likely N-dealkylation sites (tertiary alicyclic amines) is 1.